The topological polar surface area (TPSA) is 71.2 Å². The van der Waals surface area contributed by atoms with E-state index in [-0.39, 0.29) is 35.7 Å². The molecule has 8 nitrogen and oxygen atoms in total. The van der Waals surface area contributed by atoms with E-state index in [9.17, 15) is 9.59 Å². The summed E-state index contributed by atoms with van der Waals surface area (Å²) in [5.74, 6) is 1.40. The van der Waals surface area contributed by atoms with Crippen molar-refractivity contribution in [3.8, 4) is 0 Å². The Kier molecular flexibility index (Phi) is 11.3. The Hall–Kier alpha value is -3.42. The van der Waals surface area contributed by atoms with Crippen LogP contribution >= 0.6 is 0 Å². The molecule has 0 bridgehead atoms. The molecule has 0 saturated heterocycles. The monoisotopic (exact) mass is 644 g/mol. The lowest BCUT2D eigenvalue weighted by Gasteiger charge is -2.53. The molecule has 258 valence electrons. The Morgan fingerprint density at radius 3 is 1.53 bits per heavy atom. The minimum Gasteiger partial charge on any atom is -0.378 e. The summed E-state index contributed by atoms with van der Waals surface area (Å²) in [7, 11) is 8.10. The Bertz CT molecular complexity index is 1310. The number of nitrogens with zero attached hydrogens (tertiary/aromatic N) is 4. The van der Waals surface area contributed by atoms with Crippen LogP contribution in [-0.4, -0.2) is 73.7 Å². The van der Waals surface area contributed by atoms with Gasteiger partial charge in [0.05, 0.1) is 0 Å². The zero-order valence-electron chi connectivity index (χ0n) is 30.1. The normalized spacial score (nSPS) is 27.8. The van der Waals surface area contributed by atoms with E-state index in [0.717, 1.165) is 99.8 Å². The van der Waals surface area contributed by atoms with Crippen molar-refractivity contribution in [2.45, 2.75) is 121 Å². The van der Waals surface area contributed by atoms with Crippen LogP contribution < -0.4 is 20.4 Å². The fraction of sp³-hybridized carbons (Fsp3) is 0.641. The highest BCUT2D eigenvalue weighted by Gasteiger charge is 2.47. The highest BCUT2D eigenvalue weighted by molar-refractivity contribution is 5.91. The molecule has 3 aliphatic carbocycles. The minimum atomic E-state index is -0.352. The van der Waals surface area contributed by atoms with Crippen molar-refractivity contribution in [1.29, 1.82) is 0 Å². The SMILES string of the molecule is CC1CCC(N(C(=O)Nc2ccc(N(C)C)cc2)C2CCCC(C)(N(C(=O)Nc3ccc(N(C)C)cc3)C3CCC(C)CC3)C2)CC1. The van der Waals surface area contributed by atoms with Gasteiger partial charge in [0.1, 0.15) is 0 Å². The molecule has 0 spiro atoms. The highest BCUT2D eigenvalue weighted by atomic mass is 16.2. The number of nitrogens with one attached hydrogen (secondary N) is 2. The third kappa shape index (κ3) is 8.55. The molecule has 3 saturated carbocycles. The van der Waals surface area contributed by atoms with Gasteiger partial charge >= 0.3 is 12.1 Å². The molecule has 3 fully saturated rings. The maximum atomic E-state index is 14.4. The minimum absolute atomic E-state index is 0.000110. The number of carbonyl (C=O) groups is 2. The zero-order chi connectivity index (χ0) is 33.7. The molecule has 0 radical (unpaired) electrons. The van der Waals surface area contributed by atoms with E-state index in [4.69, 9.17) is 0 Å². The number of urea groups is 2. The second-order valence-corrected chi connectivity index (χ2v) is 15.6. The number of hydrogen-bond acceptors (Lipinski definition) is 4. The van der Waals surface area contributed by atoms with Crippen molar-refractivity contribution in [2.24, 2.45) is 11.8 Å². The first-order valence-corrected chi connectivity index (χ1v) is 18.2. The second-order valence-electron chi connectivity index (χ2n) is 15.6. The Morgan fingerprint density at radius 2 is 1.06 bits per heavy atom. The highest BCUT2D eigenvalue weighted by Crippen LogP contribution is 2.42. The van der Waals surface area contributed by atoms with Gasteiger partial charge in [-0.2, -0.15) is 0 Å². The van der Waals surface area contributed by atoms with Crippen molar-refractivity contribution in [2.75, 3.05) is 48.6 Å². The summed E-state index contributed by atoms with van der Waals surface area (Å²) in [5.41, 5.74) is 3.50. The first-order valence-electron chi connectivity index (χ1n) is 18.2. The standard InChI is InChI=1S/C39H60N6O2/c1-28-10-18-34(19-11-28)44(37(46)40-30-14-22-32(23-15-30)42(4)5)36-9-8-26-39(3,27-36)45(35-20-12-29(2)13-21-35)38(47)41-31-16-24-33(25-17-31)43(6)7/h14-17,22-25,28-29,34-36H,8-13,18-21,26-27H2,1-7H3,(H,40,46)(H,41,47). The fourth-order valence-electron chi connectivity index (χ4n) is 8.45. The lowest BCUT2D eigenvalue weighted by atomic mass is 9.75. The van der Waals surface area contributed by atoms with Crippen LogP contribution in [0.3, 0.4) is 0 Å². The van der Waals surface area contributed by atoms with Crippen LogP contribution in [0.5, 0.6) is 0 Å². The predicted octanol–water partition coefficient (Wildman–Crippen LogP) is 9.05. The summed E-state index contributed by atoms with van der Waals surface area (Å²) in [6.45, 7) is 6.96. The first kappa shape index (κ1) is 34.9. The quantitative estimate of drug-likeness (QED) is 0.301. The maximum absolute atomic E-state index is 14.4. The Labute approximate surface area is 284 Å². The van der Waals surface area contributed by atoms with Gasteiger partial charge in [0, 0.05) is 74.6 Å². The van der Waals surface area contributed by atoms with Crippen molar-refractivity contribution in [3.05, 3.63) is 48.5 Å². The van der Waals surface area contributed by atoms with Gasteiger partial charge in [-0.1, -0.05) is 13.8 Å². The molecule has 2 unspecified atom stereocenters. The van der Waals surface area contributed by atoms with Crippen molar-refractivity contribution < 1.29 is 9.59 Å². The van der Waals surface area contributed by atoms with Gasteiger partial charge < -0.3 is 30.2 Å². The van der Waals surface area contributed by atoms with E-state index in [0.29, 0.717) is 11.8 Å². The number of amides is 4. The van der Waals surface area contributed by atoms with E-state index in [1.54, 1.807) is 0 Å². The van der Waals surface area contributed by atoms with E-state index in [1.165, 1.54) is 0 Å². The van der Waals surface area contributed by atoms with Gasteiger partial charge in [-0.15, -0.1) is 0 Å². The van der Waals surface area contributed by atoms with Gasteiger partial charge in [-0.3, -0.25) is 0 Å². The number of benzene rings is 2. The van der Waals surface area contributed by atoms with Gasteiger partial charge in [-0.05, 0) is 144 Å². The summed E-state index contributed by atoms with van der Waals surface area (Å²) >= 11 is 0. The van der Waals surface area contributed by atoms with Gasteiger partial charge in [0.25, 0.3) is 0 Å². The van der Waals surface area contributed by atoms with Crippen molar-refractivity contribution in [3.63, 3.8) is 0 Å². The molecule has 0 aromatic heterocycles. The largest absolute Gasteiger partial charge is 0.378 e. The number of rotatable bonds is 8. The van der Waals surface area contributed by atoms with E-state index in [2.05, 4.69) is 75.3 Å². The number of hydrogen-bond donors (Lipinski definition) is 2. The van der Waals surface area contributed by atoms with Crippen LogP contribution in [0.4, 0.5) is 32.3 Å². The van der Waals surface area contributed by atoms with Crippen LogP contribution in [0.25, 0.3) is 0 Å². The first-order chi connectivity index (χ1) is 22.4. The van der Waals surface area contributed by atoms with Gasteiger partial charge in [0.15, 0.2) is 0 Å². The average molecular weight is 645 g/mol. The molecule has 2 aromatic rings. The molecule has 0 aliphatic heterocycles. The van der Waals surface area contributed by atoms with Crippen LogP contribution in [0.15, 0.2) is 48.5 Å². The lowest BCUT2D eigenvalue weighted by molar-refractivity contribution is 0.01000. The fourth-order valence-corrected chi connectivity index (χ4v) is 8.45. The predicted molar refractivity (Wildman–Crippen MR) is 197 cm³/mol. The Morgan fingerprint density at radius 1 is 0.617 bits per heavy atom. The summed E-state index contributed by atoms with van der Waals surface area (Å²) < 4.78 is 0. The Balaban J connectivity index is 1.40. The zero-order valence-corrected chi connectivity index (χ0v) is 30.1. The third-order valence-corrected chi connectivity index (χ3v) is 11.4. The smallest absolute Gasteiger partial charge is 0.322 e. The number of carbonyl (C=O) groups excluding carboxylic acids is 2. The molecule has 4 amide bonds. The van der Waals surface area contributed by atoms with Crippen molar-refractivity contribution in [1.82, 2.24) is 9.80 Å². The maximum Gasteiger partial charge on any atom is 0.322 e. The molecule has 2 atom stereocenters. The molecule has 3 aliphatic rings. The molecular formula is C39H60N6O2. The van der Waals surface area contributed by atoms with Crippen LogP contribution in [0.2, 0.25) is 0 Å². The summed E-state index contributed by atoms with van der Waals surface area (Å²) in [6, 6.07) is 16.7. The van der Waals surface area contributed by atoms with Crippen LogP contribution in [-0.2, 0) is 0 Å². The van der Waals surface area contributed by atoms with Gasteiger partial charge in [0.2, 0.25) is 0 Å². The molecule has 2 aromatic carbocycles. The van der Waals surface area contributed by atoms with E-state index < -0.39 is 0 Å². The van der Waals surface area contributed by atoms with Crippen LogP contribution in [0, 0.1) is 11.8 Å². The van der Waals surface area contributed by atoms with Crippen LogP contribution in [0.1, 0.15) is 97.8 Å². The van der Waals surface area contributed by atoms with Gasteiger partial charge in [-0.25, -0.2) is 9.59 Å². The van der Waals surface area contributed by atoms with Crippen molar-refractivity contribution >= 4 is 34.8 Å². The summed E-state index contributed by atoms with van der Waals surface area (Å²) in [6.07, 6.45) is 12.4. The molecule has 47 heavy (non-hydrogen) atoms. The molecule has 8 heteroatoms. The molecular weight excluding hydrogens is 584 g/mol. The second kappa shape index (κ2) is 15.2. The average Bonchev–Trinajstić information content (AvgIpc) is 3.03. The van der Waals surface area contributed by atoms with E-state index >= 15 is 0 Å². The third-order valence-electron chi connectivity index (χ3n) is 11.4. The number of anilines is 4. The summed E-state index contributed by atoms with van der Waals surface area (Å²) in [5, 5.41) is 6.57. The molecule has 2 N–H and O–H groups in total. The molecule has 0 heterocycles. The lowest BCUT2D eigenvalue weighted by Crippen LogP contribution is -2.62. The summed E-state index contributed by atoms with van der Waals surface area (Å²) in [4.78, 5) is 37.2. The molecule has 5 rings (SSSR count). The van der Waals surface area contributed by atoms with E-state index in [1.807, 2.05) is 52.5 Å².